The first-order valence-corrected chi connectivity index (χ1v) is 11.2. The van der Waals surface area contributed by atoms with Crippen LogP contribution in [0.3, 0.4) is 0 Å². The molecule has 0 aliphatic heterocycles. The molecule has 156 valence electrons. The quantitative estimate of drug-likeness (QED) is 0.269. The Labute approximate surface area is 193 Å². The average Bonchev–Trinajstić information content (AvgIpc) is 2.89. The third kappa shape index (κ3) is 3.46. The van der Waals surface area contributed by atoms with E-state index in [-0.39, 0.29) is 0 Å². The predicted molar refractivity (Wildman–Crippen MR) is 138 cm³/mol. The van der Waals surface area contributed by atoms with Gasteiger partial charge in [0.25, 0.3) is 0 Å². The van der Waals surface area contributed by atoms with Crippen molar-refractivity contribution in [3.05, 3.63) is 121 Å². The van der Waals surface area contributed by atoms with Crippen molar-refractivity contribution in [3.8, 4) is 33.5 Å². The molecule has 0 aliphatic rings. The summed E-state index contributed by atoms with van der Waals surface area (Å²) in [5, 5.41) is 2.32. The van der Waals surface area contributed by atoms with Gasteiger partial charge in [-0.2, -0.15) is 0 Å². The van der Waals surface area contributed by atoms with E-state index in [1.54, 1.807) is 0 Å². The number of fused-ring (bicyclic) bond motifs is 3. The van der Waals surface area contributed by atoms with Crippen molar-refractivity contribution in [2.24, 2.45) is 0 Å². The minimum atomic E-state index is 0.924. The fourth-order valence-electron chi connectivity index (χ4n) is 4.56. The fourth-order valence-corrected chi connectivity index (χ4v) is 4.56. The second kappa shape index (κ2) is 7.99. The summed E-state index contributed by atoms with van der Waals surface area (Å²) in [6, 6.07) is 40.3. The summed E-state index contributed by atoms with van der Waals surface area (Å²) in [6.07, 6.45) is 0. The van der Waals surface area contributed by atoms with Gasteiger partial charge in [0.1, 0.15) is 0 Å². The van der Waals surface area contributed by atoms with E-state index in [1.807, 2.05) is 31.2 Å². The Morgan fingerprint density at radius 3 is 1.73 bits per heavy atom. The Balaban J connectivity index is 1.55. The van der Waals surface area contributed by atoms with Gasteiger partial charge in [-0.15, -0.1) is 0 Å². The van der Waals surface area contributed by atoms with Crippen LogP contribution >= 0.6 is 0 Å². The minimum absolute atomic E-state index is 0.924. The molecule has 5 aromatic carbocycles. The van der Waals surface area contributed by atoms with Gasteiger partial charge in [-0.05, 0) is 40.6 Å². The highest BCUT2D eigenvalue weighted by molar-refractivity contribution is 6.11. The molecule has 0 spiro atoms. The van der Waals surface area contributed by atoms with E-state index in [0.717, 1.165) is 33.4 Å². The number of benzene rings is 5. The first-order chi connectivity index (χ1) is 16.3. The van der Waals surface area contributed by atoms with Gasteiger partial charge in [-0.3, -0.25) is 0 Å². The molecule has 0 saturated carbocycles. The van der Waals surface area contributed by atoms with E-state index in [4.69, 9.17) is 9.97 Å². The molecule has 0 saturated heterocycles. The lowest BCUT2D eigenvalue weighted by Crippen LogP contribution is -1.96. The molecule has 0 fully saturated rings. The molecular weight excluding hydrogens is 400 g/mol. The number of hydrogen-bond donors (Lipinski definition) is 0. The first-order valence-electron chi connectivity index (χ1n) is 11.2. The van der Waals surface area contributed by atoms with Gasteiger partial charge in [0.2, 0.25) is 0 Å². The maximum atomic E-state index is 5.10. The summed E-state index contributed by atoms with van der Waals surface area (Å²) in [6.45, 7) is 2.04. The molecule has 1 heterocycles. The highest BCUT2D eigenvalue weighted by atomic mass is 14.8. The molecule has 0 amide bonds. The van der Waals surface area contributed by atoms with Crippen molar-refractivity contribution in [2.75, 3.05) is 0 Å². The molecule has 0 atom stereocenters. The van der Waals surface area contributed by atoms with Crippen molar-refractivity contribution < 1.29 is 0 Å². The summed E-state index contributed by atoms with van der Waals surface area (Å²) in [7, 11) is 0. The van der Waals surface area contributed by atoms with E-state index >= 15 is 0 Å². The Morgan fingerprint density at radius 1 is 0.485 bits per heavy atom. The van der Waals surface area contributed by atoms with Crippen LogP contribution in [0.5, 0.6) is 0 Å². The number of rotatable bonds is 3. The van der Waals surface area contributed by atoms with Crippen LogP contribution in [0.15, 0.2) is 115 Å². The molecule has 2 nitrogen and oxygen atoms in total. The molecule has 33 heavy (non-hydrogen) atoms. The molecular formula is C31H22N2. The zero-order valence-electron chi connectivity index (χ0n) is 18.4. The van der Waals surface area contributed by atoms with Crippen LogP contribution in [0.1, 0.15) is 5.69 Å². The van der Waals surface area contributed by atoms with Crippen LogP contribution < -0.4 is 0 Å². The van der Waals surface area contributed by atoms with Gasteiger partial charge in [0.05, 0.1) is 22.4 Å². The van der Waals surface area contributed by atoms with Crippen LogP contribution in [-0.2, 0) is 0 Å². The Kier molecular flexibility index (Phi) is 4.70. The van der Waals surface area contributed by atoms with Crippen molar-refractivity contribution in [3.63, 3.8) is 0 Å². The number of nitrogens with zero attached hydrogens (tertiary/aromatic N) is 2. The monoisotopic (exact) mass is 422 g/mol. The van der Waals surface area contributed by atoms with Crippen molar-refractivity contribution in [2.45, 2.75) is 6.92 Å². The van der Waals surface area contributed by atoms with Gasteiger partial charge in [0.15, 0.2) is 0 Å². The lowest BCUT2D eigenvalue weighted by molar-refractivity contribution is 1.19. The zero-order chi connectivity index (χ0) is 22.2. The van der Waals surface area contributed by atoms with Gasteiger partial charge < -0.3 is 0 Å². The molecule has 0 radical (unpaired) electrons. The Morgan fingerprint density at radius 2 is 1.03 bits per heavy atom. The van der Waals surface area contributed by atoms with Gasteiger partial charge in [-0.25, -0.2) is 9.97 Å². The predicted octanol–water partition coefficient (Wildman–Crippen LogP) is 8.09. The molecule has 2 heteroatoms. The summed E-state index contributed by atoms with van der Waals surface area (Å²) in [4.78, 5) is 10.1. The maximum Gasteiger partial charge on any atom is 0.0973 e. The topological polar surface area (TPSA) is 25.8 Å². The number of hydrogen-bond acceptors (Lipinski definition) is 2. The van der Waals surface area contributed by atoms with Gasteiger partial charge in [0, 0.05) is 10.9 Å². The highest BCUT2D eigenvalue weighted by Gasteiger charge is 2.14. The lowest BCUT2D eigenvalue weighted by Gasteiger charge is -2.13. The SMILES string of the molecule is Cc1nc2cc(-c3ccc(-c4ccccc4)cc3)c3ccccc3c2nc1-c1ccccc1. The highest BCUT2D eigenvalue weighted by Crippen LogP contribution is 2.35. The van der Waals surface area contributed by atoms with Crippen LogP contribution in [0.2, 0.25) is 0 Å². The molecule has 0 N–H and O–H groups in total. The third-order valence-corrected chi connectivity index (χ3v) is 6.20. The standard InChI is InChI=1S/C31H22N2/c1-21-30(25-12-6-3-7-13-25)33-31-27-15-9-8-14-26(27)28(20-29(31)32-21)24-18-16-23(17-19-24)22-10-4-2-5-11-22/h2-20H,1H3. The molecule has 6 aromatic rings. The fraction of sp³-hybridized carbons (Fsp3) is 0.0323. The summed E-state index contributed by atoms with van der Waals surface area (Å²) in [5.74, 6) is 0. The van der Waals surface area contributed by atoms with Crippen LogP contribution in [-0.4, -0.2) is 9.97 Å². The normalized spacial score (nSPS) is 11.2. The van der Waals surface area contributed by atoms with E-state index in [0.29, 0.717) is 0 Å². The van der Waals surface area contributed by atoms with Crippen molar-refractivity contribution in [1.29, 1.82) is 0 Å². The van der Waals surface area contributed by atoms with Crippen LogP contribution in [0, 0.1) is 6.92 Å². The zero-order valence-corrected chi connectivity index (χ0v) is 18.4. The molecule has 0 bridgehead atoms. The lowest BCUT2D eigenvalue weighted by atomic mass is 9.95. The number of aromatic nitrogens is 2. The molecule has 1 aromatic heterocycles. The molecule has 0 aliphatic carbocycles. The third-order valence-electron chi connectivity index (χ3n) is 6.20. The first kappa shape index (κ1) is 19.4. The largest absolute Gasteiger partial charge is 0.249 e. The van der Waals surface area contributed by atoms with E-state index < -0.39 is 0 Å². The van der Waals surface area contributed by atoms with E-state index in [1.165, 1.54) is 27.6 Å². The molecule has 6 rings (SSSR count). The second-order valence-corrected chi connectivity index (χ2v) is 8.30. The summed E-state index contributed by atoms with van der Waals surface area (Å²) in [5.41, 5.74) is 9.64. The smallest absolute Gasteiger partial charge is 0.0973 e. The van der Waals surface area contributed by atoms with Crippen molar-refractivity contribution >= 4 is 21.8 Å². The average molecular weight is 423 g/mol. The number of aryl methyl sites for hydroxylation is 1. The van der Waals surface area contributed by atoms with E-state index in [9.17, 15) is 0 Å². The van der Waals surface area contributed by atoms with Crippen LogP contribution in [0.25, 0.3) is 55.3 Å². The summed E-state index contributed by atoms with van der Waals surface area (Å²) < 4.78 is 0. The summed E-state index contributed by atoms with van der Waals surface area (Å²) >= 11 is 0. The molecule has 0 unspecified atom stereocenters. The van der Waals surface area contributed by atoms with Gasteiger partial charge in [-0.1, -0.05) is 109 Å². The Hall–Kier alpha value is -4.30. The van der Waals surface area contributed by atoms with Crippen LogP contribution in [0.4, 0.5) is 0 Å². The van der Waals surface area contributed by atoms with E-state index in [2.05, 4.69) is 91.0 Å². The van der Waals surface area contributed by atoms with Crippen molar-refractivity contribution in [1.82, 2.24) is 9.97 Å². The Bertz CT molecular complexity index is 1590. The second-order valence-electron chi connectivity index (χ2n) is 8.30. The minimum Gasteiger partial charge on any atom is -0.249 e. The maximum absolute atomic E-state index is 5.10. The van der Waals surface area contributed by atoms with Gasteiger partial charge >= 0.3 is 0 Å².